The Kier molecular flexibility index (Phi) is 3.28. The van der Waals surface area contributed by atoms with Gasteiger partial charge in [0.2, 0.25) is 0 Å². The average Bonchev–Trinajstić information content (AvgIpc) is 2.67. The predicted molar refractivity (Wildman–Crippen MR) is 68.6 cm³/mol. The van der Waals surface area contributed by atoms with Gasteiger partial charge >= 0.3 is 12.3 Å². The first-order valence-corrected chi connectivity index (χ1v) is 5.99. The number of fused-ring (bicyclic) bond motifs is 1. The van der Waals surface area contributed by atoms with E-state index in [0.717, 1.165) is 16.7 Å². The molecule has 0 unspecified atom stereocenters. The van der Waals surface area contributed by atoms with Crippen LogP contribution in [0.5, 0.6) is 0 Å². The van der Waals surface area contributed by atoms with E-state index in [1.54, 1.807) is 26.8 Å². The molecular formula is C14H14F3NO2. The van der Waals surface area contributed by atoms with Gasteiger partial charge in [0, 0.05) is 11.6 Å². The molecule has 2 aromatic rings. The first kappa shape index (κ1) is 14.4. The van der Waals surface area contributed by atoms with Gasteiger partial charge in [-0.15, -0.1) is 0 Å². The number of carbonyl (C=O) groups is 1. The van der Waals surface area contributed by atoms with Crippen molar-refractivity contribution in [2.45, 2.75) is 32.5 Å². The van der Waals surface area contributed by atoms with Gasteiger partial charge in [0.25, 0.3) is 0 Å². The summed E-state index contributed by atoms with van der Waals surface area (Å²) in [7, 11) is 0. The van der Waals surface area contributed by atoms with Crippen molar-refractivity contribution in [3.8, 4) is 0 Å². The number of benzene rings is 1. The van der Waals surface area contributed by atoms with Gasteiger partial charge in [0.15, 0.2) is 0 Å². The SMILES string of the molecule is CC(C)(C)OC(=O)n1ccc2ccc(C(F)(F)F)cc21. The molecule has 20 heavy (non-hydrogen) atoms. The molecule has 0 fully saturated rings. The standard InChI is InChI=1S/C14H14F3NO2/c1-13(2,3)20-12(19)18-7-6-9-4-5-10(8-11(9)18)14(15,16)17/h4-8H,1-3H3. The van der Waals surface area contributed by atoms with Gasteiger partial charge in [-0.05, 0) is 39.0 Å². The molecule has 1 heterocycles. The first-order valence-electron chi connectivity index (χ1n) is 5.99. The van der Waals surface area contributed by atoms with Crippen molar-refractivity contribution in [2.24, 2.45) is 0 Å². The third-order valence-corrected chi connectivity index (χ3v) is 2.61. The second-order valence-electron chi connectivity index (χ2n) is 5.44. The molecule has 0 saturated carbocycles. The van der Waals surface area contributed by atoms with E-state index in [2.05, 4.69) is 0 Å². The second-order valence-corrected chi connectivity index (χ2v) is 5.44. The van der Waals surface area contributed by atoms with E-state index in [1.807, 2.05) is 0 Å². The Bertz CT molecular complexity index is 650. The van der Waals surface area contributed by atoms with Crippen LogP contribution in [0, 0.1) is 0 Å². The van der Waals surface area contributed by atoms with Crippen molar-refractivity contribution in [1.29, 1.82) is 0 Å². The van der Waals surface area contributed by atoms with Crippen LogP contribution >= 0.6 is 0 Å². The van der Waals surface area contributed by atoms with Crippen molar-refractivity contribution < 1.29 is 22.7 Å². The Labute approximate surface area is 113 Å². The third-order valence-electron chi connectivity index (χ3n) is 2.61. The number of halogens is 3. The van der Waals surface area contributed by atoms with E-state index in [1.165, 1.54) is 12.3 Å². The van der Waals surface area contributed by atoms with Crippen molar-refractivity contribution in [3.05, 3.63) is 36.0 Å². The summed E-state index contributed by atoms with van der Waals surface area (Å²) < 4.78 is 44.3. The fourth-order valence-electron chi connectivity index (χ4n) is 1.78. The molecule has 0 bridgehead atoms. The maximum Gasteiger partial charge on any atom is 0.418 e. The molecule has 0 aliphatic rings. The lowest BCUT2D eigenvalue weighted by atomic mass is 10.1. The maximum absolute atomic E-state index is 12.7. The minimum atomic E-state index is -4.45. The summed E-state index contributed by atoms with van der Waals surface area (Å²) in [4.78, 5) is 12.0. The first-order chi connectivity index (χ1) is 9.08. The highest BCUT2D eigenvalue weighted by atomic mass is 19.4. The molecule has 1 aromatic carbocycles. The van der Waals surface area contributed by atoms with Crippen LogP contribution in [0.25, 0.3) is 10.9 Å². The predicted octanol–water partition coefficient (Wildman–Crippen LogP) is 4.44. The lowest BCUT2D eigenvalue weighted by molar-refractivity contribution is -0.137. The Hall–Kier alpha value is -1.98. The van der Waals surface area contributed by atoms with E-state index < -0.39 is 23.4 Å². The molecule has 0 N–H and O–H groups in total. The second kappa shape index (κ2) is 4.54. The zero-order chi connectivity index (χ0) is 15.1. The number of nitrogens with zero attached hydrogens (tertiary/aromatic N) is 1. The highest BCUT2D eigenvalue weighted by Crippen LogP contribution is 2.31. The smallest absolute Gasteiger partial charge is 0.418 e. The number of hydrogen-bond acceptors (Lipinski definition) is 2. The summed E-state index contributed by atoms with van der Waals surface area (Å²) in [5.74, 6) is 0. The number of rotatable bonds is 0. The van der Waals surface area contributed by atoms with E-state index in [-0.39, 0.29) is 5.52 Å². The van der Waals surface area contributed by atoms with Crippen LogP contribution in [0.1, 0.15) is 26.3 Å². The number of alkyl halides is 3. The fraction of sp³-hybridized carbons (Fsp3) is 0.357. The van der Waals surface area contributed by atoms with Gasteiger partial charge in [-0.2, -0.15) is 13.2 Å². The summed E-state index contributed by atoms with van der Waals surface area (Å²) in [6.07, 6.45) is -3.75. The van der Waals surface area contributed by atoms with Gasteiger partial charge in [0.1, 0.15) is 5.60 Å². The van der Waals surface area contributed by atoms with E-state index in [0.29, 0.717) is 5.39 Å². The molecule has 0 saturated heterocycles. The summed E-state index contributed by atoms with van der Waals surface area (Å²) in [5.41, 5.74) is -1.34. The highest BCUT2D eigenvalue weighted by Gasteiger charge is 2.31. The molecule has 3 nitrogen and oxygen atoms in total. The molecule has 0 aliphatic carbocycles. The molecule has 0 radical (unpaired) electrons. The third kappa shape index (κ3) is 2.95. The fourth-order valence-corrected chi connectivity index (χ4v) is 1.78. The van der Waals surface area contributed by atoms with Gasteiger partial charge in [-0.25, -0.2) is 4.79 Å². The monoisotopic (exact) mass is 285 g/mol. The van der Waals surface area contributed by atoms with Crippen LogP contribution in [-0.4, -0.2) is 16.3 Å². The summed E-state index contributed by atoms with van der Waals surface area (Å²) >= 11 is 0. The Morgan fingerprint density at radius 1 is 1.15 bits per heavy atom. The van der Waals surface area contributed by atoms with Crippen LogP contribution in [0.4, 0.5) is 18.0 Å². The van der Waals surface area contributed by atoms with E-state index >= 15 is 0 Å². The number of ether oxygens (including phenoxy) is 1. The molecule has 0 atom stereocenters. The van der Waals surface area contributed by atoms with Crippen LogP contribution in [0.3, 0.4) is 0 Å². The normalized spacial score (nSPS) is 12.7. The van der Waals surface area contributed by atoms with Gasteiger partial charge in [0.05, 0.1) is 11.1 Å². The molecule has 6 heteroatoms. The molecule has 108 valence electrons. The van der Waals surface area contributed by atoms with Gasteiger partial charge in [-0.3, -0.25) is 4.57 Å². The van der Waals surface area contributed by atoms with Gasteiger partial charge < -0.3 is 4.74 Å². The summed E-state index contributed by atoms with van der Waals surface area (Å²) in [5, 5.41) is 0.545. The highest BCUT2D eigenvalue weighted by molar-refractivity contribution is 5.90. The topological polar surface area (TPSA) is 31.2 Å². The van der Waals surface area contributed by atoms with Crippen LogP contribution in [-0.2, 0) is 10.9 Å². The molecule has 0 amide bonds. The Balaban J connectivity index is 2.47. The minimum absolute atomic E-state index is 0.175. The number of hydrogen-bond donors (Lipinski definition) is 0. The van der Waals surface area contributed by atoms with Crippen LogP contribution < -0.4 is 0 Å². The van der Waals surface area contributed by atoms with Gasteiger partial charge in [-0.1, -0.05) is 6.07 Å². The zero-order valence-electron chi connectivity index (χ0n) is 11.3. The molecular weight excluding hydrogens is 271 g/mol. The average molecular weight is 285 g/mol. The van der Waals surface area contributed by atoms with E-state index in [9.17, 15) is 18.0 Å². The minimum Gasteiger partial charge on any atom is -0.443 e. The van der Waals surface area contributed by atoms with Crippen LogP contribution in [0.2, 0.25) is 0 Å². The van der Waals surface area contributed by atoms with Crippen molar-refractivity contribution >= 4 is 17.0 Å². The van der Waals surface area contributed by atoms with E-state index in [4.69, 9.17) is 4.74 Å². The quantitative estimate of drug-likeness (QED) is 0.716. The molecule has 1 aromatic heterocycles. The maximum atomic E-state index is 12.7. The van der Waals surface area contributed by atoms with Crippen molar-refractivity contribution in [3.63, 3.8) is 0 Å². The van der Waals surface area contributed by atoms with Crippen LogP contribution in [0.15, 0.2) is 30.5 Å². The number of carbonyl (C=O) groups excluding carboxylic acids is 1. The molecule has 0 aliphatic heterocycles. The largest absolute Gasteiger partial charge is 0.443 e. The van der Waals surface area contributed by atoms with Crippen molar-refractivity contribution in [1.82, 2.24) is 4.57 Å². The zero-order valence-corrected chi connectivity index (χ0v) is 11.3. The Morgan fingerprint density at radius 2 is 1.80 bits per heavy atom. The number of aromatic nitrogens is 1. The lowest BCUT2D eigenvalue weighted by Gasteiger charge is -2.20. The Morgan fingerprint density at radius 3 is 2.35 bits per heavy atom. The summed E-state index contributed by atoms with van der Waals surface area (Å²) in [6.45, 7) is 5.08. The lowest BCUT2D eigenvalue weighted by Crippen LogP contribution is -2.26. The van der Waals surface area contributed by atoms with Crippen molar-refractivity contribution in [2.75, 3.05) is 0 Å². The molecule has 0 spiro atoms. The summed E-state index contributed by atoms with van der Waals surface area (Å²) in [6, 6.07) is 4.83. The molecule has 2 rings (SSSR count).